The molecule has 0 amide bonds. The fraction of sp³-hybridized carbons (Fsp3) is 0.189. The van der Waals surface area contributed by atoms with Crippen LogP contribution in [0.15, 0.2) is 127 Å². The van der Waals surface area contributed by atoms with E-state index in [1.807, 2.05) is 13.0 Å². The lowest BCUT2D eigenvalue weighted by Gasteiger charge is -2.12. The minimum atomic E-state index is 0.865. The van der Waals surface area contributed by atoms with Gasteiger partial charge in [0.05, 0.1) is 0 Å². The molecule has 0 heterocycles. The first-order valence-corrected chi connectivity index (χ1v) is 13.9. The topological polar surface area (TPSA) is 38.0 Å². The number of benzene rings is 5. The predicted octanol–water partition coefficient (Wildman–Crippen LogP) is 8.75. The lowest BCUT2D eigenvalue weighted by Crippen LogP contribution is -2.02. The van der Waals surface area contributed by atoms with Crippen LogP contribution in [0.1, 0.15) is 38.9 Å². The van der Waals surface area contributed by atoms with Gasteiger partial charge >= 0.3 is 0 Å². The third-order valence-electron chi connectivity index (χ3n) is 7.06. The van der Waals surface area contributed by atoms with E-state index < -0.39 is 0 Å². The summed E-state index contributed by atoms with van der Waals surface area (Å²) in [6.45, 7) is 5.06. The molecule has 0 atom stereocenters. The van der Waals surface area contributed by atoms with E-state index in [1.165, 1.54) is 39.1 Å². The summed E-state index contributed by atoms with van der Waals surface area (Å²) >= 11 is 0. The van der Waals surface area contributed by atoms with Crippen LogP contribution in [0.4, 0.5) is 11.4 Å². The van der Waals surface area contributed by atoms with E-state index >= 15 is 0 Å². The molecule has 2 nitrogen and oxygen atoms in total. The maximum atomic E-state index is 5.89. The summed E-state index contributed by atoms with van der Waals surface area (Å²) in [6.07, 6.45) is 4.28. The van der Waals surface area contributed by atoms with Crippen LogP contribution in [-0.4, -0.2) is 0 Å². The van der Waals surface area contributed by atoms with Gasteiger partial charge < -0.3 is 11.1 Å². The van der Waals surface area contributed by atoms with Crippen LogP contribution in [0.5, 0.6) is 0 Å². The van der Waals surface area contributed by atoms with Crippen LogP contribution in [0.3, 0.4) is 0 Å². The number of rotatable bonds is 9. The molecule has 0 aliphatic carbocycles. The Bertz CT molecular complexity index is 1410. The van der Waals surface area contributed by atoms with E-state index in [4.69, 9.17) is 5.73 Å². The molecule has 0 aliphatic heterocycles. The molecular formula is C37H40N2. The van der Waals surface area contributed by atoms with Gasteiger partial charge in [-0.25, -0.2) is 0 Å². The molecule has 5 rings (SSSR count). The average molecular weight is 513 g/mol. The van der Waals surface area contributed by atoms with Crippen molar-refractivity contribution in [2.75, 3.05) is 11.1 Å². The summed E-state index contributed by atoms with van der Waals surface area (Å²) in [5, 5.41) is 3.57. The Morgan fingerprint density at radius 3 is 1.41 bits per heavy atom. The summed E-state index contributed by atoms with van der Waals surface area (Å²) in [4.78, 5) is 0. The van der Waals surface area contributed by atoms with E-state index in [0.717, 1.165) is 43.5 Å². The Balaban J connectivity index is 0.000000193. The predicted molar refractivity (Wildman–Crippen MR) is 168 cm³/mol. The van der Waals surface area contributed by atoms with Gasteiger partial charge in [-0.3, -0.25) is 0 Å². The number of nitrogens with one attached hydrogen (secondary N) is 1. The molecule has 5 aromatic rings. The van der Waals surface area contributed by atoms with Gasteiger partial charge in [-0.1, -0.05) is 115 Å². The molecule has 0 saturated heterocycles. The SMILES string of the molecule is Cc1ccc(CCc2ccccc2)cc1N.Cc1ccc(CCc2ccccc2)cc1NCc1ccccc1. The fourth-order valence-corrected chi connectivity index (χ4v) is 4.52. The first-order valence-electron chi connectivity index (χ1n) is 13.9. The van der Waals surface area contributed by atoms with E-state index in [-0.39, 0.29) is 0 Å². The number of nitrogen functional groups attached to an aromatic ring is 1. The van der Waals surface area contributed by atoms with Crippen molar-refractivity contribution < 1.29 is 0 Å². The summed E-state index contributed by atoms with van der Waals surface area (Å²) in [6, 6.07) is 44.8. The molecule has 0 fully saturated rings. The summed E-state index contributed by atoms with van der Waals surface area (Å²) < 4.78 is 0. The molecule has 0 bridgehead atoms. The minimum absolute atomic E-state index is 0.865. The Hall–Kier alpha value is -4.30. The fourth-order valence-electron chi connectivity index (χ4n) is 4.52. The maximum absolute atomic E-state index is 5.89. The number of aryl methyl sites for hydroxylation is 6. The van der Waals surface area contributed by atoms with Crippen LogP contribution in [0, 0.1) is 13.8 Å². The first kappa shape index (κ1) is 27.7. The summed E-state index contributed by atoms with van der Waals surface area (Å²) in [7, 11) is 0. The van der Waals surface area contributed by atoms with Gasteiger partial charge in [0, 0.05) is 17.9 Å². The smallest absolute Gasteiger partial charge is 0.0400 e. The van der Waals surface area contributed by atoms with Gasteiger partial charge in [-0.15, -0.1) is 0 Å². The maximum Gasteiger partial charge on any atom is 0.0400 e. The van der Waals surface area contributed by atoms with Crippen LogP contribution in [0.2, 0.25) is 0 Å². The second kappa shape index (κ2) is 14.6. The van der Waals surface area contributed by atoms with Crippen molar-refractivity contribution in [3.05, 3.63) is 166 Å². The zero-order chi connectivity index (χ0) is 27.3. The Morgan fingerprint density at radius 1 is 0.462 bits per heavy atom. The molecule has 2 heteroatoms. The van der Waals surface area contributed by atoms with E-state index in [2.05, 4.69) is 134 Å². The number of hydrogen-bond donors (Lipinski definition) is 2. The summed E-state index contributed by atoms with van der Waals surface area (Å²) in [5.74, 6) is 0. The van der Waals surface area contributed by atoms with Crippen molar-refractivity contribution in [3.63, 3.8) is 0 Å². The van der Waals surface area contributed by atoms with Crippen LogP contribution < -0.4 is 11.1 Å². The highest BCUT2D eigenvalue weighted by Gasteiger charge is 2.02. The molecule has 0 spiro atoms. The van der Waals surface area contributed by atoms with Gasteiger partial charge in [-0.2, -0.15) is 0 Å². The van der Waals surface area contributed by atoms with Gasteiger partial charge in [0.2, 0.25) is 0 Å². The van der Waals surface area contributed by atoms with Crippen LogP contribution >= 0.6 is 0 Å². The molecule has 0 radical (unpaired) electrons. The lowest BCUT2D eigenvalue weighted by atomic mass is 10.0. The highest BCUT2D eigenvalue weighted by molar-refractivity contribution is 5.53. The van der Waals surface area contributed by atoms with Crippen LogP contribution in [0.25, 0.3) is 0 Å². The highest BCUT2D eigenvalue weighted by atomic mass is 14.9. The minimum Gasteiger partial charge on any atom is -0.399 e. The van der Waals surface area contributed by atoms with Gasteiger partial charge in [0.15, 0.2) is 0 Å². The molecule has 0 saturated carbocycles. The monoisotopic (exact) mass is 512 g/mol. The van der Waals surface area contributed by atoms with E-state index in [0.29, 0.717) is 0 Å². The zero-order valence-corrected chi connectivity index (χ0v) is 23.2. The highest BCUT2D eigenvalue weighted by Crippen LogP contribution is 2.19. The molecule has 5 aromatic carbocycles. The van der Waals surface area contributed by atoms with Crippen LogP contribution in [-0.2, 0) is 32.2 Å². The van der Waals surface area contributed by atoms with Crippen molar-refractivity contribution in [3.8, 4) is 0 Å². The number of anilines is 2. The summed E-state index contributed by atoms with van der Waals surface area (Å²) in [5.41, 5.74) is 17.2. The second-order valence-corrected chi connectivity index (χ2v) is 10.2. The second-order valence-electron chi connectivity index (χ2n) is 10.2. The lowest BCUT2D eigenvalue weighted by molar-refractivity contribution is 0.958. The van der Waals surface area contributed by atoms with Crippen molar-refractivity contribution in [1.82, 2.24) is 0 Å². The largest absolute Gasteiger partial charge is 0.399 e. The third-order valence-corrected chi connectivity index (χ3v) is 7.06. The Morgan fingerprint density at radius 2 is 0.897 bits per heavy atom. The van der Waals surface area contributed by atoms with Gasteiger partial charge in [0.25, 0.3) is 0 Å². The first-order chi connectivity index (χ1) is 19.1. The molecule has 0 unspecified atom stereocenters. The molecule has 0 aromatic heterocycles. The quantitative estimate of drug-likeness (QED) is 0.194. The van der Waals surface area contributed by atoms with Crippen molar-refractivity contribution in [2.45, 2.75) is 46.1 Å². The Labute approximate surface area is 234 Å². The number of nitrogens with two attached hydrogens (primary N) is 1. The standard InChI is InChI=1S/C22H23N.C15H17N/c1-18-12-13-20(15-14-19-8-4-2-5-9-19)16-22(18)23-17-21-10-6-3-7-11-21;1-12-7-8-14(11-15(12)16)10-9-13-5-3-2-4-6-13/h2-13,16,23H,14-15,17H2,1H3;2-8,11H,9-10,16H2,1H3. The Kier molecular flexibility index (Phi) is 10.4. The normalized spacial score (nSPS) is 10.4. The van der Waals surface area contributed by atoms with Crippen molar-refractivity contribution in [1.29, 1.82) is 0 Å². The zero-order valence-electron chi connectivity index (χ0n) is 23.2. The molecule has 39 heavy (non-hydrogen) atoms. The molecule has 0 aliphatic rings. The third kappa shape index (κ3) is 9.19. The molecule has 198 valence electrons. The average Bonchev–Trinajstić information content (AvgIpc) is 2.98. The van der Waals surface area contributed by atoms with Crippen molar-refractivity contribution >= 4 is 11.4 Å². The van der Waals surface area contributed by atoms with Crippen molar-refractivity contribution in [2.24, 2.45) is 0 Å². The van der Waals surface area contributed by atoms with Gasteiger partial charge in [0.1, 0.15) is 0 Å². The molecule has 3 N–H and O–H groups in total. The molecular weight excluding hydrogens is 472 g/mol. The van der Waals surface area contributed by atoms with Gasteiger partial charge in [-0.05, 0) is 90.6 Å². The van der Waals surface area contributed by atoms with E-state index in [1.54, 1.807) is 0 Å². The number of hydrogen-bond acceptors (Lipinski definition) is 2. The van der Waals surface area contributed by atoms with E-state index in [9.17, 15) is 0 Å².